The highest BCUT2D eigenvalue weighted by Crippen LogP contribution is 2.32. The molecule has 19 heavy (non-hydrogen) atoms. The highest BCUT2D eigenvalue weighted by molar-refractivity contribution is 9.10. The summed E-state index contributed by atoms with van der Waals surface area (Å²) in [5, 5.41) is 0.356. The van der Waals surface area contributed by atoms with E-state index in [9.17, 15) is 4.39 Å². The van der Waals surface area contributed by atoms with Gasteiger partial charge in [-0.25, -0.2) is 4.39 Å². The van der Waals surface area contributed by atoms with Crippen molar-refractivity contribution in [3.8, 4) is 0 Å². The smallest absolute Gasteiger partial charge is 0.127 e. The molecule has 0 aliphatic carbocycles. The minimum Gasteiger partial charge on any atom is -0.320 e. The summed E-state index contributed by atoms with van der Waals surface area (Å²) in [5.74, 6) is -0.313. The Kier molecular flexibility index (Phi) is 4.29. The first kappa shape index (κ1) is 14.5. The van der Waals surface area contributed by atoms with Crippen LogP contribution in [0, 0.1) is 19.7 Å². The van der Waals surface area contributed by atoms with Gasteiger partial charge in [-0.2, -0.15) is 0 Å². The number of aryl methyl sites for hydroxylation is 1. The van der Waals surface area contributed by atoms with Crippen LogP contribution in [0.5, 0.6) is 0 Å². The number of benzene rings is 2. The Morgan fingerprint density at radius 1 is 1.21 bits per heavy atom. The van der Waals surface area contributed by atoms with Crippen molar-refractivity contribution in [3.05, 3.63) is 67.9 Å². The Morgan fingerprint density at radius 3 is 2.58 bits per heavy atom. The van der Waals surface area contributed by atoms with E-state index in [1.807, 2.05) is 25.1 Å². The maximum absolute atomic E-state index is 13.4. The molecule has 2 rings (SSSR count). The third kappa shape index (κ3) is 2.83. The van der Waals surface area contributed by atoms with Crippen LogP contribution in [0.15, 0.2) is 34.8 Å². The highest BCUT2D eigenvalue weighted by atomic mass is 79.9. The van der Waals surface area contributed by atoms with Gasteiger partial charge in [-0.05, 0) is 54.3 Å². The van der Waals surface area contributed by atoms with Crippen LogP contribution in [0.25, 0.3) is 0 Å². The van der Waals surface area contributed by atoms with Crippen LogP contribution in [0.4, 0.5) is 4.39 Å². The Bertz CT molecular complexity index is 628. The lowest BCUT2D eigenvalue weighted by Gasteiger charge is -2.18. The molecule has 0 aliphatic rings. The summed E-state index contributed by atoms with van der Waals surface area (Å²) in [7, 11) is 0. The van der Waals surface area contributed by atoms with Gasteiger partial charge >= 0.3 is 0 Å². The second-order valence-electron chi connectivity index (χ2n) is 4.55. The lowest BCUT2D eigenvalue weighted by atomic mass is 9.94. The standard InChI is InChI=1S/C15H14BrClFN/c1-8-6-11(13(17)7-14(8)18)15(19)10-4-3-5-12(16)9(10)2/h3-7,15H,19H2,1-2H3. The fraction of sp³-hybridized carbons (Fsp3) is 0.200. The van der Waals surface area contributed by atoms with E-state index in [0.29, 0.717) is 10.6 Å². The molecule has 0 radical (unpaired) electrons. The van der Waals surface area contributed by atoms with Gasteiger partial charge in [0.05, 0.1) is 6.04 Å². The zero-order valence-electron chi connectivity index (χ0n) is 10.7. The Labute approximate surface area is 125 Å². The van der Waals surface area contributed by atoms with Crippen LogP contribution in [-0.4, -0.2) is 0 Å². The number of rotatable bonds is 2. The molecule has 0 saturated carbocycles. The van der Waals surface area contributed by atoms with E-state index >= 15 is 0 Å². The van der Waals surface area contributed by atoms with Crippen molar-refractivity contribution in [1.29, 1.82) is 0 Å². The summed E-state index contributed by atoms with van der Waals surface area (Å²) in [6.07, 6.45) is 0. The third-order valence-corrected chi connectivity index (χ3v) is 4.44. The molecule has 1 atom stereocenters. The van der Waals surface area contributed by atoms with E-state index < -0.39 is 0 Å². The van der Waals surface area contributed by atoms with Crippen LogP contribution in [-0.2, 0) is 0 Å². The minimum atomic E-state index is -0.371. The van der Waals surface area contributed by atoms with E-state index in [0.717, 1.165) is 21.2 Å². The summed E-state index contributed by atoms with van der Waals surface area (Å²) in [4.78, 5) is 0. The van der Waals surface area contributed by atoms with Crippen molar-refractivity contribution >= 4 is 27.5 Å². The van der Waals surface area contributed by atoms with Gasteiger partial charge in [-0.1, -0.05) is 39.7 Å². The molecule has 2 N–H and O–H groups in total. The monoisotopic (exact) mass is 341 g/mol. The fourth-order valence-electron chi connectivity index (χ4n) is 2.05. The molecule has 4 heteroatoms. The molecule has 0 fully saturated rings. The normalized spacial score (nSPS) is 12.5. The highest BCUT2D eigenvalue weighted by Gasteiger charge is 2.17. The summed E-state index contributed by atoms with van der Waals surface area (Å²) in [5.41, 5.74) is 9.60. The first-order chi connectivity index (χ1) is 8.91. The quantitative estimate of drug-likeness (QED) is 0.825. The van der Waals surface area contributed by atoms with Gasteiger partial charge in [0.15, 0.2) is 0 Å². The van der Waals surface area contributed by atoms with Crippen LogP contribution in [0.2, 0.25) is 5.02 Å². The van der Waals surface area contributed by atoms with Gasteiger partial charge in [-0.3, -0.25) is 0 Å². The maximum atomic E-state index is 13.4. The summed E-state index contributed by atoms with van der Waals surface area (Å²) in [6, 6.07) is 8.51. The lowest BCUT2D eigenvalue weighted by Crippen LogP contribution is -2.14. The van der Waals surface area contributed by atoms with Gasteiger partial charge in [-0.15, -0.1) is 0 Å². The number of hydrogen-bond donors (Lipinski definition) is 1. The van der Waals surface area contributed by atoms with Crippen molar-refractivity contribution < 1.29 is 4.39 Å². The molecule has 100 valence electrons. The fourth-order valence-corrected chi connectivity index (χ4v) is 2.70. The van der Waals surface area contributed by atoms with E-state index in [2.05, 4.69) is 15.9 Å². The van der Waals surface area contributed by atoms with Crippen molar-refractivity contribution in [2.75, 3.05) is 0 Å². The van der Waals surface area contributed by atoms with Gasteiger partial charge in [0.1, 0.15) is 5.82 Å². The van der Waals surface area contributed by atoms with Crippen molar-refractivity contribution in [2.45, 2.75) is 19.9 Å². The molecule has 1 unspecified atom stereocenters. The lowest BCUT2D eigenvalue weighted by molar-refractivity contribution is 0.617. The molecule has 0 bridgehead atoms. The summed E-state index contributed by atoms with van der Waals surface area (Å²) in [6.45, 7) is 3.69. The Balaban J connectivity index is 2.53. The van der Waals surface area contributed by atoms with Gasteiger partial charge in [0, 0.05) is 9.50 Å². The molecule has 0 amide bonds. The topological polar surface area (TPSA) is 26.0 Å². The van der Waals surface area contributed by atoms with Crippen LogP contribution >= 0.6 is 27.5 Å². The maximum Gasteiger partial charge on any atom is 0.127 e. The third-order valence-electron chi connectivity index (χ3n) is 3.26. The molecule has 2 aromatic rings. The van der Waals surface area contributed by atoms with Gasteiger partial charge < -0.3 is 5.73 Å². The molecule has 0 aromatic heterocycles. The van der Waals surface area contributed by atoms with E-state index in [1.54, 1.807) is 13.0 Å². The molecule has 0 spiro atoms. The molecular formula is C15H14BrClFN. The van der Waals surface area contributed by atoms with Gasteiger partial charge in [0.25, 0.3) is 0 Å². The Morgan fingerprint density at radius 2 is 1.89 bits per heavy atom. The average molecular weight is 343 g/mol. The SMILES string of the molecule is Cc1cc(C(N)c2cccc(Br)c2C)c(Cl)cc1F. The average Bonchev–Trinajstić information content (AvgIpc) is 2.36. The number of nitrogens with two attached hydrogens (primary N) is 1. The molecule has 1 nitrogen and oxygen atoms in total. The Hall–Kier alpha value is -0.900. The molecule has 0 heterocycles. The van der Waals surface area contributed by atoms with E-state index in [1.165, 1.54) is 6.07 Å². The second kappa shape index (κ2) is 5.61. The van der Waals surface area contributed by atoms with Crippen LogP contribution in [0.3, 0.4) is 0 Å². The summed E-state index contributed by atoms with van der Waals surface area (Å²) < 4.78 is 14.4. The number of halogens is 3. The summed E-state index contributed by atoms with van der Waals surface area (Å²) >= 11 is 9.59. The minimum absolute atomic E-state index is 0.313. The van der Waals surface area contributed by atoms with Crippen LogP contribution < -0.4 is 5.73 Å². The predicted octanol–water partition coefficient (Wildman–Crippen LogP) is 4.91. The van der Waals surface area contributed by atoms with Crippen LogP contribution in [0.1, 0.15) is 28.3 Å². The molecule has 0 saturated heterocycles. The first-order valence-corrected chi connectivity index (χ1v) is 7.05. The van der Waals surface area contributed by atoms with E-state index in [-0.39, 0.29) is 11.9 Å². The predicted molar refractivity (Wildman–Crippen MR) is 81.1 cm³/mol. The first-order valence-electron chi connectivity index (χ1n) is 5.88. The zero-order valence-corrected chi connectivity index (χ0v) is 13.0. The van der Waals surface area contributed by atoms with Gasteiger partial charge in [0.2, 0.25) is 0 Å². The van der Waals surface area contributed by atoms with Crippen molar-refractivity contribution in [1.82, 2.24) is 0 Å². The number of hydrogen-bond acceptors (Lipinski definition) is 1. The largest absolute Gasteiger partial charge is 0.320 e. The zero-order chi connectivity index (χ0) is 14.2. The molecular weight excluding hydrogens is 329 g/mol. The molecule has 2 aromatic carbocycles. The van der Waals surface area contributed by atoms with Crippen molar-refractivity contribution in [2.24, 2.45) is 5.73 Å². The van der Waals surface area contributed by atoms with E-state index in [4.69, 9.17) is 17.3 Å². The van der Waals surface area contributed by atoms with Crippen molar-refractivity contribution in [3.63, 3.8) is 0 Å². The molecule has 0 aliphatic heterocycles. The second-order valence-corrected chi connectivity index (χ2v) is 5.82.